The number of nitrogens with one attached hydrogen (secondary N) is 1. The van der Waals surface area contributed by atoms with Crippen LogP contribution in [0.25, 0.3) is 16.7 Å². The Balaban J connectivity index is 1.36. The number of fused-ring (bicyclic) bond motifs is 1. The molecule has 0 saturated heterocycles. The smallest absolute Gasteiger partial charge is 0.258 e. The molecule has 1 N–H and O–H groups in total. The van der Waals surface area contributed by atoms with Crippen LogP contribution in [0.1, 0.15) is 17.4 Å². The summed E-state index contributed by atoms with van der Waals surface area (Å²) in [6.45, 7) is -0.131. The summed E-state index contributed by atoms with van der Waals surface area (Å²) < 4.78 is 9.66. The third-order valence-electron chi connectivity index (χ3n) is 5.67. The van der Waals surface area contributed by atoms with E-state index in [-0.39, 0.29) is 18.6 Å². The summed E-state index contributed by atoms with van der Waals surface area (Å²) in [4.78, 5) is 17.8. The van der Waals surface area contributed by atoms with E-state index >= 15 is 0 Å². The second kappa shape index (κ2) is 9.58. The highest BCUT2D eigenvalue weighted by atomic mass is 16.5. The van der Waals surface area contributed by atoms with E-state index in [4.69, 9.17) is 9.72 Å². The summed E-state index contributed by atoms with van der Waals surface area (Å²) in [7, 11) is 1.97. The summed E-state index contributed by atoms with van der Waals surface area (Å²) in [5.74, 6) is 1.13. The number of hydrogen-bond acceptors (Lipinski definition) is 5. The van der Waals surface area contributed by atoms with Crippen LogP contribution in [0, 0.1) is 0 Å². The molecule has 1 amide bonds. The zero-order valence-corrected chi connectivity index (χ0v) is 18.7. The predicted molar refractivity (Wildman–Crippen MR) is 129 cm³/mol. The number of nitrogens with zero attached hydrogens (tertiary/aromatic N) is 5. The maximum Gasteiger partial charge on any atom is 0.258 e. The Morgan fingerprint density at radius 3 is 2.44 bits per heavy atom. The van der Waals surface area contributed by atoms with Crippen molar-refractivity contribution in [2.24, 2.45) is 7.05 Å². The highest BCUT2D eigenvalue weighted by Gasteiger charge is 2.22. The van der Waals surface area contributed by atoms with Gasteiger partial charge in [0, 0.05) is 7.05 Å². The molecule has 0 aliphatic carbocycles. The summed E-state index contributed by atoms with van der Waals surface area (Å²) in [5.41, 5.74) is 3.78. The lowest BCUT2D eigenvalue weighted by atomic mass is 10.1. The van der Waals surface area contributed by atoms with Crippen LogP contribution >= 0.6 is 0 Å². The minimum atomic E-state index is -0.316. The van der Waals surface area contributed by atoms with Gasteiger partial charge in [-0.05, 0) is 36.2 Å². The number of carbonyl (C=O) groups is 1. The third-order valence-corrected chi connectivity index (χ3v) is 5.67. The van der Waals surface area contributed by atoms with Gasteiger partial charge >= 0.3 is 0 Å². The number of ether oxygens (including phenoxy) is 1. The van der Waals surface area contributed by atoms with Gasteiger partial charge in [0.05, 0.1) is 22.8 Å². The number of aromatic nitrogens is 5. The number of carbonyl (C=O) groups excluding carboxylic acids is 1. The number of imidazole rings is 1. The second-order valence-corrected chi connectivity index (χ2v) is 7.95. The molecule has 0 spiro atoms. The molecule has 0 saturated carbocycles. The molecule has 0 bridgehead atoms. The fourth-order valence-electron chi connectivity index (χ4n) is 4.03. The van der Waals surface area contributed by atoms with E-state index in [1.165, 1.54) is 0 Å². The molecule has 2 heterocycles. The molecule has 5 aromatic rings. The SMILES string of the molecule is Cn1c([C@H](Cc2ccccc2)NC(=O)COc2ccccc2-n2cnnc2)nc2ccccc21. The van der Waals surface area contributed by atoms with E-state index < -0.39 is 0 Å². The quantitative estimate of drug-likeness (QED) is 0.389. The number of para-hydroxylation sites is 4. The molecular weight excluding hydrogens is 428 g/mol. The van der Waals surface area contributed by atoms with Crippen molar-refractivity contribution in [3.05, 3.63) is 103 Å². The van der Waals surface area contributed by atoms with Gasteiger partial charge in [0.25, 0.3) is 5.91 Å². The van der Waals surface area contributed by atoms with Crippen LogP contribution < -0.4 is 10.1 Å². The van der Waals surface area contributed by atoms with Gasteiger partial charge in [0.1, 0.15) is 24.2 Å². The molecule has 34 heavy (non-hydrogen) atoms. The van der Waals surface area contributed by atoms with E-state index in [0.717, 1.165) is 28.1 Å². The molecule has 0 unspecified atom stereocenters. The van der Waals surface area contributed by atoms with E-state index in [9.17, 15) is 4.79 Å². The van der Waals surface area contributed by atoms with Crippen molar-refractivity contribution in [3.8, 4) is 11.4 Å². The Labute approximate surface area is 196 Å². The first-order valence-corrected chi connectivity index (χ1v) is 11.0. The van der Waals surface area contributed by atoms with Crippen molar-refractivity contribution < 1.29 is 9.53 Å². The normalized spacial score (nSPS) is 11.9. The van der Waals surface area contributed by atoms with Crippen LogP contribution in [0.4, 0.5) is 0 Å². The predicted octanol–water partition coefficient (Wildman–Crippen LogP) is 3.63. The van der Waals surface area contributed by atoms with Gasteiger partial charge in [-0.2, -0.15) is 0 Å². The highest BCUT2D eigenvalue weighted by molar-refractivity contribution is 5.79. The van der Waals surface area contributed by atoms with Crippen molar-refractivity contribution in [2.45, 2.75) is 12.5 Å². The molecule has 5 rings (SSSR count). The average molecular weight is 453 g/mol. The number of hydrogen-bond donors (Lipinski definition) is 1. The molecule has 2 aromatic heterocycles. The Morgan fingerprint density at radius 1 is 0.941 bits per heavy atom. The van der Waals surface area contributed by atoms with Crippen molar-refractivity contribution in [1.82, 2.24) is 29.6 Å². The summed E-state index contributed by atoms with van der Waals surface area (Å²) in [5, 5.41) is 10.8. The van der Waals surface area contributed by atoms with Gasteiger partial charge in [0.15, 0.2) is 6.61 Å². The lowest BCUT2D eigenvalue weighted by Crippen LogP contribution is -2.35. The molecule has 0 aliphatic heterocycles. The highest BCUT2D eigenvalue weighted by Crippen LogP contribution is 2.24. The monoisotopic (exact) mass is 452 g/mol. The Morgan fingerprint density at radius 2 is 1.65 bits per heavy atom. The lowest BCUT2D eigenvalue weighted by Gasteiger charge is -2.19. The molecule has 170 valence electrons. The maximum atomic E-state index is 13.0. The van der Waals surface area contributed by atoms with Gasteiger partial charge in [-0.3, -0.25) is 9.36 Å². The summed E-state index contributed by atoms with van der Waals surface area (Å²) in [6, 6.07) is 25.2. The first-order valence-electron chi connectivity index (χ1n) is 11.0. The van der Waals surface area contributed by atoms with Crippen molar-refractivity contribution in [2.75, 3.05) is 6.61 Å². The standard InChI is InChI=1S/C26H24N6O2/c1-31-22-12-6-5-11-20(22)30-26(31)21(15-19-9-3-2-4-10-19)29-25(33)16-34-24-14-8-7-13-23(24)32-17-27-28-18-32/h2-14,17-18,21H,15-16H2,1H3,(H,29,33)/t21-/m0/s1. The fourth-order valence-corrected chi connectivity index (χ4v) is 4.03. The van der Waals surface area contributed by atoms with Gasteiger partial charge in [-0.15, -0.1) is 10.2 Å². The van der Waals surface area contributed by atoms with E-state index in [0.29, 0.717) is 12.2 Å². The van der Waals surface area contributed by atoms with Crippen LogP contribution in [0.3, 0.4) is 0 Å². The van der Waals surface area contributed by atoms with Crippen LogP contribution in [-0.2, 0) is 18.3 Å². The maximum absolute atomic E-state index is 13.0. The van der Waals surface area contributed by atoms with Crippen molar-refractivity contribution >= 4 is 16.9 Å². The van der Waals surface area contributed by atoms with Crippen molar-refractivity contribution in [3.63, 3.8) is 0 Å². The zero-order chi connectivity index (χ0) is 23.3. The largest absolute Gasteiger partial charge is 0.482 e. The average Bonchev–Trinajstić information content (AvgIpc) is 3.52. The molecule has 0 fully saturated rings. The lowest BCUT2D eigenvalue weighted by molar-refractivity contribution is -0.123. The van der Waals surface area contributed by atoms with Crippen LogP contribution in [0.2, 0.25) is 0 Å². The van der Waals surface area contributed by atoms with E-state index in [1.54, 1.807) is 17.2 Å². The van der Waals surface area contributed by atoms with Crippen molar-refractivity contribution in [1.29, 1.82) is 0 Å². The Kier molecular flexibility index (Phi) is 6.03. The molecule has 3 aromatic carbocycles. The minimum absolute atomic E-state index is 0.131. The summed E-state index contributed by atoms with van der Waals surface area (Å²) in [6.07, 6.45) is 3.79. The summed E-state index contributed by atoms with van der Waals surface area (Å²) >= 11 is 0. The molecular formula is C26H24N6O2. The van der Waals surface area contributed by atoms with Crippen LogP contribution in [0.15, 0.2) is 91.5 Å². The Hall–Kier alpha value is -4.46. The molecule has 1 atom stereocenters. The number of amides is 1. The first kappa shape index (κ1) is 21.4. The fraction of sp³-hybridized carbons (Fsp3) is 0.154. The Bertz CT molecular complexity index is 1400. The van der Waals surface area contributed by atoms with Gasteiger partial charge in [-0.1, -0.05) is 54.6 Å². The van der Waals surface area contributed by atoms with E-state index in [2.05, 4.69) is 15.5 Å². The van der Waals surface area contributed by atoms with E-state index in [1.807, 2.05) is 90.5 Å². The molecule has 8 heteroatoms. The molecule has 0 radical (unpaired) electrons. The van der Waals surface area contributed by atoms with Crippen LogP contribution in [-0.4, -0.2) is 36.8 Å². The van der Waals surface area contributed by atoms with Gasteiger partial charge in [0.2, 0.25) is 0 Å². The number of benzene rings is 3. The number of rotatable bonds is 8. The minimum Gasteiger partial charge on any atom is -0.482 e. The molecule has 0 aliphatic rings. The topological polar surface area (TPSA) is 86.9 Å². The van der Waals surface area contributed by atoms with Gasteiger partial charge in [-0.25, -0.2) is 4.98 Å². The second-order valence-electron chi connectivity index (χ2n) is 7.95. The van der Waals surface area contributed by atoms with Gasteiger partial charge < -0.3 is 14.6 Å². The van der Waals surface area contributed by atoms with Crippen LogP contribution in [0.5, 0.6) is 5.75 Å². The third kappa shape index (κ3) is 4.52. The number of aryl methyl sites for hydroxylation is 1. The zero-order valence-electron chi connectivity index (χ0n) is 18.7. The molecule has 8 nitrogen and oxygen atoms in total. The first-order chi connectivity index (χ1) is 16.7.